The summed E-state index contributed by atoms with van der Waals surface area (Å²) in [6.07, 6.45) is 0.940. The summed E-state index contributed by atoms with van der Waals surface area (Å²) in [7, 11) is -3.87. The second-order valence-corrected chi connectivity index (χ2v) is 10.1. The SMILES string of the molecule is N#C[C@@H](C(=O)[C@H]1CCCN1S(=O)(=O)c1ccc(Cl)cc1)c1nc2ccccc2s1. The molecule has 1 aromatic heterocycles. The molecule has 2 heterocycles. The first-order valence-electron chi connectivity index (χ1n) is 8.98. The van der Waals surface area contributed by atoms with E-state index in [0.717, 1.165) is 10.2 Å². The molecule has 0 bridgehead atoms. The van der Waals surface area contributed by atoms with Crippen molar-refractivity contribution in [1.82, 2.24) is 9.29 Å². The van der Waals surface area contributed by atoms with Crippen LogP contribution >= 0.6 is 22.9 Å². The monoisotopic (exact) mass is 445 g/mol. The van der Waals surface area contributed by atoms with Gasteiger partial charge in [-0.15, -0.1) is 11.3 Å². The van der Waals surface area contributed by atoms with E-state index in [1.165, 1.54) is 39.9 Å². The molecule has 9 heteroatoms. The molecule has 29 heavy (non-hydrogen) atoms. The summed E-state index contributed by atoms with van der Waals surface area (Å²) in [5.74, 6) is -1.53. The number of sulfonamides is 1. The van der Waals surface area contributed by atoms with Gasteiger partial charge in [-0.05, 0) is 49.2 Å². The standard InChI is InChI=1S/C20H16ClN3O3S2/c21-13-7-9-14(10-8-13)29(26,27)24-11-3-5-17(24)19(25)15(12-22)20-23-16-4-1-2-6-18(16)28-20/h1-2,4,6-10,15,17H,3,5,11H2/t15-,17+/m0/s1. The molecule has 2 atom stereocenters. The molecule has 6 nitrogen and oxygen atoms in total. The molecule has 1 fully saturated rings. The summed E-state index contributed by atoms with van der Waals surface area (Å²) >= 11 is 7.14. The van der Waals surface area contributed by atoms with Crippen LogP contribution in [0.3, 0.4) is 0 Å². The minimum absolute atomic E-state index is 0.0788. The van der Waals surface area contributed by atoms with E-state index < -0.39 is 27.8 Å². The molecule has 1 aliphatic rings. The van der Waals surface area contributed by atoms with Gasteiger partial charge in [-0.3, -0.25) is 4.79 Å². The maximum absolute atomic E-state index is 13.2. The Labute approximate surface area is 177 Å². The van der Waals surface area contributed by atoms with Crippen molar-refractivity contribution in [3.05, 3.63) is 58.6 Å². The zero-order valence-corrected chi connectivity index (χ0v) is 17.5. The molecule has 0 radical (unpaired) electrons. The Bertz CT molecular complexity index is 1180. The smallest absolute Gasteiger partial charge is 0.243 e. The van der Waals surface area contributed by atoms with Gasteiger partial charge in [0.15, 0.2) is 11.7 Å². The molecule has 148 valence electrons. The van der Waals surface area contributed by atoms with Gasteiger partial charge in [0.25, 0.3) is 0 Å². The number of para-hydroxylation sites is 1. The first-order valence-corrected chi connectivity index (χ1v) is 11.6. The fourth-order valence-corrected chi connectivity index (χ4v) is 6.31. The molecule has 0 unspecified atom stereocenters. The maximum atomic E-state index is 13.2. The molecule has 2 aromatic carbocycles. The second kappa shape index (κ2) is 7.84. The number of Topliss-reactive ketones (excluding diaryl/α,β-unsaturated/α-hetero) is 1. The van der Waals surface area contributed by atoms with Gasteiger partial charge in [-0.25, -0.2) is 13.4 Å². The van der Waals surface area contributed by atoms with Crippen molar-refractivity contribution in [2.24, 2.45) is 0 Å². The molecule has 1 aliphatic heterocycles. The van der Waals surface area contributed by atoms with Gasteiger partial charge >= 0.3 is 0 Å². The summed E-state index contributed by atoms with van der Waals surface area (Å²) in [5.41, 5.74) is 0.720. The minimum atomic E-state index is -3.87. The highest BCUT2D eigenvalue weighted by Crippen LogP contribution is 2.33. The molecule has 0 aliphatic carbocycles. The number of thiazole rings is 1. The van der Waals surface area contributed by atoms with Gasteiger partial charge in [-0.1, -0.05) is 23.7 Å². The number of ketones is 1. The molecular formula is C20H16ClN3O3S2. The lowest BCUT2D eigenvalue weighted by Crippen LogP contribution is -2.42. The topological polar surface area (TPSA) is 91.1 Å². The van der Waals surface area contributed by atoms with Crippen LogP contribution in [0.15, 0.2) is 53.4 Å². The lowest BCUT2D eigenvalue weighted by Gasteiger charge is -2.24. The van der Waals surface area contributed by atoms with E-state index >= 15 is 0 Å². The van der Waals surface area contributed by atoms with E-state index in [2.05, 4.69) is 4.98 Å². The van der Waals surface area contributed by atoms with E-state index in [4.69, 9.17) is 11.6 Å². The normalized spacial score (nSPS) is 18.6. The highest BCUT2D eigenvalue weighted by Gasteiger charge is 2.42. The Morgan fingerprint density at radius 3 is 2.66 bits per heavy atom. The van der Waals surface area contributed by atoms with Crippen molar-refractivity contribution in [3.63, 3.8) is 0 Å². The van der Waals surface area contributed by atoms with Crippen molar-refractivity contribution in [2.45, 2.75) is 29.7 Å². The fourth-order valence-electron chi connectivity index (χ4n) is 3.50. The number of fused-ring (bicyclic) bond motifs is 1. The van der Waals surface area contributed by atoms with Crippen molar-refractivity contribution < 1.29 is 13.2 Å². The van der Waals surface area contributed by atoms with Crippen LogP contribution in [0, 0.1) is 11.3 Å². The van der Waals surface area contributed by atoms with Gasteiger partial charge in [0.2, 0.25) is 10.0 Å². The van der Waals surface area contributed by atoms with Crippen LogP contribution in [0.4, 0.5) is 0 Å². The third-order valence-corrected chi connectivity index (χ3v) is 8.20. The number of nitriles is 1. The Balaban J connectivity index is 1.66. The second-order valence-electron chi connectivity index (χ2n) is 6.71. The number of hydrogen-bond acceptors (Lipinski definition) is 6. The van der Waals surface area contributed by atoms with Gasteiger partial charge in [-0.2, -0.15) is 9.57 Å². The lowest BCUT2D eigenvalue weighted by atomic mass is 9.99. The number of nitrogens with zero attached hydrogens (tertiary/aromatic N) is 3. The van der Waals surface area contributed by atoms with E-state index in [1.54, 1.807) is 0 Å². The molecule has 0 spiro atoms. The Morgan fingerprint density at radius 1 is 1.24 bits per heavy atom. The van der Waals surface area contributed by atoms with Crippen LogP contribution in [-0.2, 0) is 14.8 Å². The summed E-state index contributed by atoms with van der Waals surface area (Å²) in [5, 5.41) is 10.5. The van der Waals surface area contributed by atoms with Crippen molar-refractivity contribution in [1.29, 1.82) is 5.26 Å². The zero-order chi connectivity index (χ0) is 20.6. The summed E-state index contributed by atoms with van der Waals surface area (Å²) in [6, 6.07) is 14.4. The Morgan fingerprint density at radius 2 is 1.97 bits per heavy atom. The Kier molecular flexibility index (Phi) is 5.40. The highest BCUT2D eigenvalue weighted by atomic mass is 35.5. The fraction of sp³-hybridized carbons (Fsp3) is 0.250. The quantitative estimate of drug-likeness (QED) is 0.592. The number of halogens is 1. The average molecular weight is 446 g/mol. The molecule has 3 aromatic rings. The van der Waals surface area contributed by atoms with Gasteiger partial charge in [0.1, 0.15) is 5.01 Å². The summed E-state index contributed by atoms with van der Waals surface area (Å²) in [4.78, 5) is 17.7. The van der Waals surface area contributed by atoms with E-state index in [0.29, 0.717) is 22.9 Å². The van der Waals surface area contributed by atoms with Gasteiger partial charge < -0.3 is 0 Å². The number of hydrogen-bond donors (Lipinski definition) is 0. The summed E-state index contributed by atoms with van der Waals surface area (Å²) in [6.45, 7) is 0.235. The first-order chi connectivity index (χ1) is 13.9. The van der Waals surface area contributed by atoms with Gasteiger partial charge in [0.05, 0.1) is 27.2 Å². The lowest BCUT2D eigenvalue weighted by molar-refractivity contribution is -0.122. The molecule has 0 saturated carbocycles. The highest BCUT2D eigenvalue weighted by molar-refractivity contribution is 7.89. The molecule has 4 rings (SSSR count). The van der Waals surface area contributed by atoms with Crippen LogP contribution in [0.2, 0.25) is 5.02 Å². The first kappa shape index (κ1) is 20.0. The summed E-state index contributed by atoms with van der Waals surface area (Å²) < 4.78 is 28.3. The van der Waals surface area contributed by atoms with Gasteiger partial charge in [0, 0.05) is 11.6 Å². The van der Waals surface area contributed by atoms with Crippen LogP contribution in [0.5, 0.6) is 0 Å². The van der Waals surface area contributed by atoms with E-state index in [-0.39, 0.29) is 11.4 Å². The molecule has 0 N–H and O–H groups in total. The minimum Gasteiger partial charge on any atom is -0.296 e. The van der Waals surface area contributed by atoms with Crippen molar-refractivity contribution in [2.75, 3.05) is 6.54 Å². The van der Waals surface area contributed by atoms with Crippen molar-refractivity contribution in [3.8, 4) is 6.07 Å². The number of benzene rings is 2. The predicted molar refractivity (Wildman–Crippen MR) is 111 cm³/mol. The van der Waals surface area contributed by atoms with Crippen LogP contribution in [0.25, 0.3) is 10.2 Å². The van der Waals surface area contributed by atoms with Crippen LogP contribution in [-0.4, -0.2) is 36.1 Å². The molecule has 1 saturated heterocycles. The number of carbonyl (C=O) groups is 1. The largest absolute Gasteiger partial charge is 0.296 e. The maximum Gasteiger partial charge on any atom is 0.243 e. The molecule has 0 amide bonds. The number of aromatic nitrogens is 1. The Hall–Kier alpha value is -2.31. The molecular weight excluding hydrogens is 430 g/mol. The number of rotatable bonds is 5. The number of carbonyl (C=O) groups excluding carboxylic acids is 1. The van der Waals surface area contributed by atoms with Crippen LogP contribution in [0.1, 0.15) is 23.8 Å². The average Bonchev–Trinajstić information content (AvgIpc) is 3.36. The van der Waals surface area contributed by atoms with Crippen LogP contribution < -0.4 is 0 Å². The van der Waals surface area contributed by atoms with Crippen molar-refractivity contribution >= 4 is 49.0 Å². The van der Waals surface area contributed by atoms with E-state index in [9.17, 15) is 18.5 Å². The predicted octanol–water partition coefficient (Wildman–Crippen LogP) is 3.98. The van der Waals surface area contributed by atoms with E-state index in [1.807, 2.05) is 30.3 Å². The third kappa shape index (κ3) is 3.67. The zero-order valence-electron chi connectivity index (χ0n) is 15.2. The third-order valence-electron chi connectivity index (χ3n) is 4.92.